The Kier molecular flexibility index (Phi) is 6.87. The molecule has 180 valence electrons. The van der Waals surface area contributed by atoms with Crippen LogP contribution in [0.2, 0.25) is 0 Å². The number of carbonyl (C=O) groups is 3. The van der Waals surface area contributed by atoms with E-state index < -0.39 is 17.9 Å². The first kappa shape index (κ1) is 24.0. The standard InChI is InChI=1S/C28H28N2O5/c1-17-11-19(3)28-24(12-17)30(26(32)16-35-28)15-25(31)29-23(14-27(33)34)21-9-6-8-20(13-21)22-10-5-4-7-18(22)2/h4-13,23H,14-16H2,1-3H3,(H,29,31)(H,33,34)/t23-/m0/s1. The van der Waals surface area contributed by atoms with Crippen molar-refractivity contribution >= 4 is 23.5 Å². The Morgan fingerprint density at radius 2 is 1.80 bits per heavy atom. The average Bonchev–Trinajstić information content (AvgIpc) is 2.80. The number of carboxylic acid groups (broad SMARTS) is 1. The van der Waals surface area contributed by atoms with Gasteiger partial charge in [0.2, 0.25) is 5.91 Å². The number of ether oxygens (including phenoxy) is 1. The first-order valence-electron chi connectivity index (χ1n) is 11.4. The molecule has 3 aromatic carbocycles. The van der Waals surface area contributed by atoms with E-state index in [0.717, 1.165) is 27.8 Å². The number of hydrogen-bond acceptors (Lipinski definition) is 4. The van der Waals surface area contributed by atoms with Crippen LogP contribution in [0.15, 0.2) is 60.7 Å². The Morgan fingerprint density at radius 1 is 1.03 bits per heavy atom. The number of carboxylic acids is 1. The van der Waals surface area contributed by atoms with Crippen molar-refractivity contribution in [2.75, 3.05) is 18.1 Å². The minimum absolute atomic E-state index is 0.152. The number of benzene rings is 3. The third-order valence-corrected chi connectivity index (χ3v) is 6.09. The number of nitrogens with zero attached hydrogens (tertiary/aromatic N) is 1. The van der Waals surface area contributed by atoms with Crippen LogP contribution in [0, 0.1) is 20.8 Å². The number of aryl methyl sites for hydroxylation is 3. The monoisotopic (exact) mass is 472 g/mol. The Labute approximate surface area is 204 Å². The van der Waals surface area contributed by atoms with Crippen LogP contribution in [-0.4, -0.2) is 36.0 Å². The Balaban J connectivity index is 1.59. The Hall–Kier alpha value is -4.13. The highest BCUT2D eigenvalue weighted by Gasteiger charge is 2.30. The van der Waals surface area contributed by atoms with Crippen LogP contribution >= 0.6 is 0 Å². The highest BCUT2D eigenvalue weighted by Crippen LogP contribution is 2.36. The predicted molar refractivity (Wildman–Crippen MR) is 134 cm³/mol. The summed E-state index contributed by atoms with van der Waals surface area (Å²) in [6.45, 7) is 5.44. The molecule has 0 unspecified atom stereocenters. The van der Waals surface area contributed by atoms with E-state index in [1.807, 2.05) is 75.4 Å². The normalized spacial score (nSPS) is 13.6. The molecule has 3 aromatic rings. The first-order chi connectivity index (χ1) is 16.7. The maximum absolute atomic E-state index is 13.1. The van der Waals surface area contributed by atoms with Gasteiger partial charge in [-0.25, -0.2) is 0 Å². The second kappa shape index (κ2) is 10.0. The summed E-state index contributed by atoms with van der Waals surface area (Å²) in [5, 5.41) is 12.3. The fourth-order valence-corrected chi connectivity index (χ4v) is 4.47. The van der Waals surface area contributed by atoms with Gasteiger partial charge in [-0.1, -0.05) is 48.5 Å². The van der Waals surface area contributed by atoms with Crippen LogP contribution < -0.4 is 15.0 Å². The molecule has 7 nitrogen and oxygen atoms in total. The lowest BCUT2D eigenvalue weighted by molar-refractivity contribution is -0.138. The zero-order chi connectivity index (χ0) is 25.1. The number of hydrogen-bond donors (Lipinski definition) is 2. The third kappa shape index (κ3) is 5.35. The summed E-state index contributed by atoms with van der Waals surface area (Å²) in [5.74, 6) is -1.22. The zero-order valence-electron chi connectivity index (χ0n) is 20.0. The van der Waals surface area contributed by atoms with Crippen molar-refractivity contribution in [1.82, 2.24) is 5.32 Å². The summed E-state index contributed by atoms with van der Waals surface area (Å²) in [6.07, 6.45) is -0.283. The molecule has 0 saturated heterocycles. The van der Waals surface area contributed by atoms with Crippen molar-refractivity contribution in [2.45, 2.75) is 33.2 Å². The van der Waals surface area contributed by atoms with Gasteiger partial charge >= 0.3 is 5.97 Å². The zero-order valence-corrected chi connectivity index (χ0v) is 20.0. The molecular formula is C28H28N2O5. The number of rotatable bonds is 7. The molecule has 1 aliphatic rings. The van der Waals surface area contributed by atoms with Gasteiger partial charge in [-0.2, -0.15) is 0 Å². The van der Waals surface area contributed by atoms with Crippen LogP contribution in [-0.2, 0) is 14.4 Å². The number of amides is 2. The molecule has 35 heavy (non-hydrogen) atoms. The molecule has 7 heteroatoms. The van der Waals surface area contributed by atoms with E-state index in [-0.39, 0.29) is 25.5 Å². The SMILES string of the molecule is Cc1cc(C)c2c(c1)N(CC(=O)N[C@@H](CC(=O)O)c1cccc(-c3ccccc3C)c1)C(=O)CO2. The minimum atomic E-state index is -1.03. The highest BCUT2D eigenvalue weighted by atomic mass is 16.5. The summed E-state index contributed by atoms with van der Waals surface area (Å²) >= 11 is 0. The molecule has 0 spiro atoms. The van der Waals surface area contributed by atoms with Crippen molar-refractivity contribution in [3.05, 3.63) is 82.9 Å². The number of aliphatic carboxylic acids is 1. The fraction of sp³-hybridized carbons (Fsp3) is 0.250. The predicted octanol–water partition coefficient (Wildman–Crippen LogP) is 4.34. The maximum atomic E-state index is 13.1. The van der Waals surface area contributed by atoms with Gasteiger partial charge in [-0.05, 0) is 66.3 Å². The fourth-order valence-electron chi connectivity index (χ4n) is 4.47. The van der Waals surface area contributed by atoms with Gasteiger partial charge in [0.25, 0.3) is 5.91 Å². The summed E-state index contributed by atoms with van der Waals surface area (Å²) in [5.41, 5.74) is 6.13. The second-order valence-corrected chi connectivity index (χ2v) is 8.86. The molecule has 0 bridgehead atoms. The quantitative estimate of drug-likeness (QED) is 0.533. The van der Waals surface area contributed by atoms with Crippen molar-refractivity contribution < 1.29 is 24.2 Å². The van der Waals surface area contributed by atoms with Crippen molar-refractivity contribution in [1.29, 1.82) is 0 Å². The maximum Gasteiger partial charge on any atom is 0.305 e. The van der Waals surface area contributed by atoms with E-state index in [4.69, 9.17) is 4.74 Å². The molecular weight excluding hydrogens is 444 g/mol. The summed E-state index contributed by atoms with van der Waals surface area (Å²) in [7, 11) is 0. The molecule has 1 aliphatic heterocycles. The van der Waals surface area contributed by atoms with Crippen LogP contribution in [0.4, 0.5) is 5.69 Å². The van der Waals surface area contributed by atoms with Gasteiger partial charge in [0.1, 0.15) is 12.3 Å². The van der Waals surface area contributed by atoms with Crippen LogP contribution in [0.1, 0.15) is 34.7 Å². The van der Waals surface area contributed by atoms with Gasteiger partial charge in [0.15, 0.2) is 6.61 Å². The molecule has 2 N–H and O–H groups in total. The lowest BCUT2D eigenvalue weighted by atomic mass is 9.95. The van der Waals surface area contributed by atoms with Gasteiger partial charge in [-0.3, -0.25) is 19.3 Å². The summed E-state index contributed by atoms with van der Waals surface area (Å²) < 4.78 is 5.60. The van der Waals surface area contributed by atoms with E-state index >= 15 is 0 Å². The van der Waals surface area contributed by atoms with Crippen LogP contribution in [0.5, 0.6) is 5.75 Å². The van der Waals surface area contributed by atoms with Crippen molar-refractivity contribution in [3.63, 3.8) is 0 Å². The molecule has 0 aliphatic carbocycles. The minimum Gasteiger partial charge on any atom is -0.481 e. The number of nitrogens with one attached hydrogen (secondary N) is 1. The van der Waals surface area contributed by atoms with Crippen LogP contribution in [0.3, 0.4) is 0 Å². The topological polar surface area (TPSA) is 95.9 Å². The van der Waals surface area contributed by atoms with E-state index in [9.17, 15) is 19.5 Å². The Morgan fingerprint density at radius 3 is 2.54 bits per heavy atom. The summed E-state index contributed by atoms with van der Waals surface area (Å²) in [6, 6.07) is 18.5. The molecule has 1 atom stereocenters. The van der Waals surface area contributed by atoms with E-state index in [1.165, 1.54) is 4.90 Å². The van der Waals surface area contributed by atoms with Crippen LogP contribution in [0.25, 0.3) is 11.1 Å². The lowest BCUT2D eigenvalue weighted by Gasteiger charge is -2.31. The first-order valence-corrected chi connectivity index (χ1v) is 11.4. The molecule has 0 aromatic heterocycles. The molecule has 2 amide bonds. The van der Waals surface area contributed by atoms with E-state index in [1.54, 1.807) is 6.07 Å². The van der Waals surface area contributed by atoms with Gasteiger partial charge in [0.05, 0.1) is 18.2 Å². The molecule has 0 radical (unpaired) electrons. The molecule has 1 heterocycles. The number of fused-ring (bicyclic) bond motifs is 1. The largest absolute Gasteiger partial charge is 0.481 e. The van der Waals surface area contributed by atoms with Gasteiger partial charge in [0, 0.05) is 0 Å². The molecule has 0 saturated carbocycles. The van der Waals surface area contributed by atoms with E-state index in [2.05, 4.69) is 5.32 Å². The second-order valence-electron chi connectivity index (χ2n) is 8.86. The smallest absolute Gasteiger partial charge is 0.305 e. The highest BCUT2D eigenvalue weighted by molar-refractivity contribution is 6.02. The van der Waals surface area contributed by atoms with Gasteiger partial charge in [-0.15, -0.1) is 0 Å². The Bertz CT molecular complexity index is 1300. The van der Waals surface area contributed by atoms with Gasteiger partial charge < -0.3 is 15.2 Å². The molecule has 4 rings (SSSR count). The van der Waals surface area contributed by atoms with Crippen molar-refractivity contribution in [3.8, 4) is 16.9 Å². The number of anilines is 1. The van der Waals surface area contributed by atoms with Crippen molar-refractivity contribution in [2.24, 2.45) is 0 Å². The average molecular weight is 473 g/mol. The third-order valence-electron chi connectivity index (χ3n) is 6.09. The summed E-state index contributed by atoms with van der Waals surface area (Å²) in [4.78, 5) is 38.7. The van der Waals surface area contributed by atoms with E-state index in [0.29, 0.717) is 17.0 Å². The number of carbonyl (C=O) groups excluding carboxylic acids is 2. The lowest BCUT2D eigenvalue weighted by Crippen LogP contribution is -2.46. The molecule has 0 fully saturated rings.